The summed E-state index contributed by atoms with van der Waals surface area (Å²) in [4.78, 5) is 22.4. The maximum atomic E-state index is 13.7. The van der Waals surface area contributed by atoms with Gasteiger partial charge in [0.15, 0.2) is 6.10 Å². The zero-order valence-electron chi connectivity index (χ0n) is 11.3. The minimum atomic E-state index is -3.23. The Hall–Kier alpha value is -2.02. The van der Waals surface area contributed by atoms with Gasteiger partial charge in [-0.1, -0.05) is 18.2 Å². The van der Waals surface area contributed by atoms with Crippen LogP contribution in [0.5, 0.6) is 0 Å². The van der Waals surface area contributed by atoms with Crippen LogP contribution < -0.4 is 0 Å². The lowest BCUT2D eigenvalue weighted by atomic mass is 10.2. The first-order valence-electron chi connectivity index (χ1n) is 6.31. The summed E-state index contributed by atoms with van der Waals surface area (Å²) in [5.41, 5.74) is 0.260. The fourth-order valence-corrected chi connectivity index (χ4v) is 1.91. The maximum absolute atomic E-state index is 13.7. The van der Waals surface area contributed by atoms with Crippen molar-refractivity contribution < 1.29 is 32.6 Å². The van der Waals surface area contributed by atoms with Gasteiger partial charge in [0.1, 0.15) is 6.61 Å². The molecular formula is C14H14F2O5. The van der Waals surface area contributed by atoms with Crippen LogP contribution in [-0.4, -0.2) is 36.9 Å². The lowest BCUT2D eigenvalue weighted by Crippen LogP contribution is -2.33. The topological polar surface area (TPSA) is 61.8 Å². The SMILES string of the molecule is CC(=O)O[C@@H]1CC(F)(F)[C@H](COC(=O)c2ccccc2)O1. The Morgan fingerprint density at radius 2 is 2.00 bits per heavy atom. The summed E-state index contributed by atoms with van der Waals surface area (Å²) < 4.78 is 41.6. The number of carbonyl (C=O) groups is 2. The number of rotatable bonds is 4. The minimum absolute atomic E-state index is 0.260. The van der Waals surface area contributed by atoms with Crippen molar-refractivity contribution in [1.82, 2.24) is 0 Å². The molecule has 7 heteroatoms. The Morgan fingerprint density at radius 3 is 2.62 bits per heavy atom. The maximum Gasteiger partial charge on any atom is 0.338 e. The van der Waals surface area contributed by atoms with E-state index in [0.29, 0.717) is 0 Å². The van der Waals surface area contributed by atoms with E-state index in [9.17, 15) is 18.4 Å². The minimum Gasteiger partial charge on any atom is -0.459 e. The van der Waals surface area contributed by atoms with Crippen molar-refractivity contribution in [3.8, 4) is 0 Å². The third-order valence-electron chi connectivity index (χ3n) is 2.90. The number of hydrogen-bond acceptors (Lipinski definition) is 5. The average molecular weight is 300 g/mol. The first kappa shape index (κ1) is 15.4. The van der Waals surface area contributed by atoms with Gasteiger partial charge in [-0.15, -0.1) is 0 Å². The summed E-state index contributed by atoms with van der Waals surface area (Å²) in [6.45, 7) is 0.489. The van der Waals surface area contributed by atoms with Crippen molar-refractivity contribution in [3.05, 3.63) is 35.9 Å². The van der Waals surface area contributed by atoms with Gasteiger partial charge < -0.3 is 14.2 Å². The molecule has 1 aliphatic rings. The number of carbonyl (C=O) groups excluding carboxylic acids is 2. The molecule has 1 aromatic rings. The molecule has 0 unspecified atom stereocenters. The summed E-state index contributed by atoms with van der Waals surface area (Å²) in [5.74, 6) is -4.65. The predicted molar refractivity (Wildman–Crippen MR) is 66.7 cm³/mol. The van der Waals surface area contributed by atoms with Gasteiger partial charge in [-0.05, 0) is 12.1 Å². The molecule has 0 aromatic heterocycles. The van der Waals surface area contributed by atoms with E-state index in [0.717, 1.165) is 6.92 Å². The fourth-order valence-electron chi connectivity index (χ4n) is 1.91. The van der Waals surface area contributed by atoms with Crippen LogP contribution in [0.15, 0.2) is 30.3 Å². The van der Waals surface area contributed by atoms with Gasteiger partial charge in [0.25, 0.3) is 5.92 Å². The van der Waals surface area contributed by atoms with E-state index in [1.807, 2.05) is 0 Å². The molecule has 0 radical (unpaired) electrons. The molecule has 5 nitrogen and oxygen atoms in total. The van der Waals surface area contributed by atoms with Gasteiger partial charge in [-0.3, -0.25) is 4.79 Å². The van der Waals surface area contributed by atoms with Crippen LogP contribution in [0.2, 0.25) is 0 Å². The summed E-state index contributed by atoms with van der Waals surface area (Å²) >= 11 is 0. The molecule has 0 aliphatic carbocycles. The van der Waals surface area contributed by atoms with Crippen LogP contribution in [0.25, 0.3) is 0 Å². The smallest absolute Gasteiger partial charge is 0.338 e. The molecule has 0 N–H and O–H groups in total. The standard InChI is InChI=1S/C14H14F2O5/c1-9(17)20-12-7-14(15,16)11(21-12)8-19-13(18)10-5-3-2-4-6-10/h2-6,11-12H,7-8H2,1H3/t11-,12-/m0/s1. The van der Waals surface area contributed by atoms with Gasteiger partial charge in [0.2, 0.25) is 6.29 Å². The van der Waals surface area contributed by atoms with Gasteiger partial charge >= 0.3 is 11.9 Å². The van der Waals surface area contributed by atoms with Crippen LogP contribution in [0.1, 0.15) is 23.7 Å². The summed E-state index contributed by atoms with van der Waals surface area (Å²) in [6, 6.07) is 8.01. The number of ether oxygens (including phenoxy) is 3. The fraction of sp³-hybridized carbons (Fsp3) is 0.429. The molecule has 0 spiro atoms. The van der Waals surface area contributed by atoms with E-state index in [1.165, 1.54) is 12.1 Å². The average Bonchev–Trinajstić information content (AvgIpc) is 2.70. The van der Waals surface area contributed by atoms with Crippen LogP contribution in [0.3, 0.4) is 0 Å². The molecule has 0 amide bonds. The van der Waals surface area contributed by atoms with E-state index < -0.39 is 43.3 Å². The van der Waals surface area contributed by atoms with Crippen molar-refractivity contribution in [3.63, 3.8) is 0 Å². The quantitative estimate of drug-likeness (QED) is 0.797. The predicted octanol–water partition coefficient (Wildman–Crippen LogP) is 2.16. The number of alkyl halides is 2. The highest BCUT2D eigenvalue weighted by Gasteiger charge is 2.52. The largest absolute Gasteiger partial charge is 0.459 e. The van der Waals surface area contributed by atoms with Crippen molar-refractivity contribution in [2.24, 2.45) is 0 Å². The highest BCUT2D eigenvalue weighted by molar-refractivity contribution is 5.89. The van der Waals surface area contributed by atoms with Crippen molar-refractivity contribution in [1.29, 1.82) is 0 Å². The number of halogens is 2. The summed E-state index contributed by atoms with van der Waals surface area (Å²) in [5, 5.41) is 0. The van der Waals surface area contributed by atoms with Gasteiger partial charge in [0, 0.05) is 6.92 Å². The van der Waals surface area contributed by atoms with Crippen LogP contribution >= 0.6 is 0 Å². The van der Waals surface area contributed by atoms with Crippen molar-refractivity contribution >= 4 is 11.9 Å². The molecule has 0 saturated carbocycles. The van der Waals surface area contributed by atoms with Crippen molar-refractivity contribution in [2.75, 3.05) is 6.61 Å². The van der Waals surface area contributed by atoms with E-state index in [-0.39, 0.29) is 5.56 Å². The molecule has 1 aromatic carbocycles. The normalized spacial score (nSPS) is 23.6. The zero-order chi connectivity index (χ0) is 15.5. The second-order valence-corrected chi connectivity index (χ2v) is 4.59. The van der Waals surface area contributed by atoms with Gasteiger partial charge in [0.05, 0.1) is 12.0 Å². The second-order valence-electron chi connectivity index (χ2n) is 4.59. The van der Waals surface area contributed by atoms with Gasteiger partial charge in [-0.25, -0.2) is 13.6 Å². The molecule has 114 valence electrons. The number of esters is 2. The number of benzene rings is 1. The van der Waals surface area contributed by atoms with Crippen LogP contribution in [0, 0.1) is 0 Å². The first-order chi connectivity index (χ1) is 9.88. The molecule has 2 atom stereocenters. The molecule has 21 heavy (non-hydrogen) atoms. The summed E-state index contributed by atoms with van der Waals surface area (Å²) in [7, 11) is 0. The Morgan fingerprint density at radius 1 is 1.33 bits per heavy atom. The number of hydrogen-bond donors (Lipinski definition) is 0. The van der Waals surface area contributed by atoms with Gasteiger partial charge in [-0.2, -0.15) is 0 Å². The molecular weight excluding hydrogens is 286 g/mol. The third-order valence-corrected chi connectivity index (χ3v) is 2.90. The lowest BCUT2D eigenvalue weighted by Gasteiger charge is -2.17. The van der Waals surface area contributed by atoms with E-state index in [4.69, 9.17) is 9.47 Å². The highest BCUT2D eigenvalue weighted by Crippen LogP contribution is 2.36. The molecule has 2 rings (SSSR count). The van der Waals surface area contributed by atoms with E-state index in [1.54, 1.807) is 18.2 Å². The molecule has 0 bridgehead atoms. The molecule has 1 saturated heterocycles. The van der Waals surface area contributed by atoms with Crippen LogP contribution in [-0.2, 0) is 19.0 Å². The van der Waals surface area contributed by atoms with Crippen LogP contribution in [0.4, 0.5) is 8.78 Å². The first-order valence-corrected chi connectivity index (χ1v) is 6.31. The molecule has 1 fully saturated rings. The second kappa shape index (κ2) is 6.17. The lowest BCUT2D eigenvalue weighted by molar-refractivity contribution is -0.177. The Labute approximate surface area is 119 Å². The van der Waals surface area contributed by atoms with E-state index >= 15 is 0 Å². The Bertz CT molecular complexity index is 517. The van der Waals surface area contributed by atoms with Crippen molar-refractivity contribution in [2.45, 2.75) is 31.7 Å². The van der Waals surface area contributed by atoms with E-state index in [2.05, 4.69) is 4.74 Å². The Balaban J connectivity index is 1.90. The molecule has 1 aliphatic heterocycles. The molecule has 1 heterocycles. The third kappa shape index (κ3) is 3.98. The Kier molecular flexibility index (Phi) is 4.52. The highest BCUT2D eigenvalue weighted by atomic mass is 19.3. The zero-order valence-corrected chi connectivity index (χ0v) is 11.3. The summed E-state index contributed by atoms with van der Waals surface area (Å²) in [6.07, 6.45) is -3.70. The monoisotopic (exact) mass is 300 g/mol.